The summed E-state index contributed by atoms with van der Waals surface area (Å²) in [6.07, 6.45) is -2.31. The number of para-hydroxylation sites is 1. The minimum atomic E-state index is -4.69. The number of halogens is 4. The van der Waals surface area contributed by atoms with Gasteiger partial charge in [0.25, 0.3) is 0 Å². The zero-order valence-electron chi connectivity index (χ0n) is 20.3. The van der Waals surface area contributed by atoms with E-state index < -0.39 is 42.8 Å². The molecule has 36 heavy (non-hydrogen) atoms. The van der Waals surface area contributed by atoms with Crippen LogP contribution in [0, 0.1) is 3.57 Å². The summed E-state index contributed by atoms with van der Waals surface area (Å²) in [4.78, 5) is 26.3. The van der Waals surface area contributed by atoms with Crippen molar-refractivity contribution in [3.05, 3.63) is 39.5 Å². The van der Waals surface area contributed by atoms with Crippen molar-refractivity contribution < 1.29 is 37.7 Å². The van der Waals surface area contributed by atoms with Gasteiger partial charge < -0.3 is 25.2 Å². The van der Waals surface area contributed by atoms with E-state index in [9.17, 15) is 27.9 Å². The number of unbranched alkanes of at least 4 members (excludes halogenated alkanes) is 4. The van der Waals surface area contributed by atoms with Crippen molar-refractivity contribution in [3.63, 3.8) is 0 Å². The van der Waals surface area contributed by atoms with Gasteiger partial charge in [0.1, 0.15) is 24.5 Å². The Morgan fingerprint density at radius 3 is 2.53 bits per heavy atom. The summed E-state index contributed by atoms with van der Waals surface area (Å²) >= 11 is 2.02. The Balaban J connectivity index is 2.34. The van der Waals surface area contributed by atoms with Gasteiger partial charge in [-0.05, 0) is 47.2 Å². The Morgan fingerprint density at radius 1 is 1.19 bits per heavy atom. The molecule has 3 atom stereocenters. The predicted molar refractivity (Wildman–Crippen MR) is 137 cm³/mol. The van der Waals surface area contributed by atoms with Crippen LogP contribution in [0.4, 0.5) is 13.2 Å². The van der Waals surface area contributed by atoms with E-state index in [2.05, 4.69) is 5.32 Å². The quantitative estimate of drug-likeness (QED) is 0.228. The molecule has 2 rings (SSSR count). The van der Waals surface area contributed by atoms with E-state index in [1.165, 1.54) is 6.08 Å². The van der Waals surface area contributed by atoms with Gasteiger partial charge in [-0.2, -0.15) is 13.2 Å². The lowest BCUT2D eigenvalue weighted by Crippen LogP contribution is -2.57. The number of benzene rings is 1. The maximum absolute atomic E-state index is 13.5. The number of alkyl halides is 3. The monoisotopic (exact) mass is 626 g/mol. The Bertz CT molecular complexity index is 897. The van der Waals surface area contributed by atoms with Gasteiger partial charge in [-0.3, -0.25) is 9.59 Å². The van der Waals surface area contributed by atoms with Crippen molar-refractivity contribution in [1.82, 2.24) is 10.2 Å². The summed E-state index contributed by atoms with van der Waals surface area (Å²) < 4.78 is 47.2. The lowest BCUT2D eigenvalue weighted by molar-refractivity contribution is -0.172. The van der Waals surface area contributed by atoms with Crippen molar-refractivity contribution in [2.24, 2.45) is 0 Å². The summed E-state index contributed by atoms with van der Waals surface area (Å²) in [7, 11) is 0. The van der Waals surface area contributed by atoms with Crippen LogP contribution in [-0.2, 0) is 9.59 Å². The van der Waals surface area contributed by atoms with E-state index in [0.29, 0.717) is 20.6 Å². The molecule has 0 spiro atoms. The van der Waals surface area contributed by atoms with Gasteiger partial charge in [0.15, 0.2) is 0 Å². The molecule has 0 radical (unpaired) electrons. The first-order chi connectivity index (χ1) is 17.1. The maximum atomic E-state index is 13.5. The average Bonchev–Trinajstić information content (AvgIpc) is 2.83. The van der Waals surface area contributed by atoms with Crippen molar-refractivity contribution in [3.8, 4) is 5.75 Å². The van der Waals surface area contributed by atoms with E-state index in [1.54, 1.807) is 24.3 Å². The molecule has 3 N–H and O–H groups in total. The molecule has 1 aliphatic rings. The average molecular weight is 626 g/mol. The molecular weight excluding hydrogens is 592 g/mol. The van der Waals surface area contributed by atoms with Gasteiger partial charge in [-0.15, -0.1) is 0 Å². The largest absolute Gasteiger partial charge is 0.482 e. The van der Waals surface area contributed by atoms with Gasteiger partial charge in [0.2, 0.25) is 11.8 Å². The first-order valence-electron chi connectivity index (χ1n) is 12.1. The molecule has 0 aromatic heterocycles. The summed E-state index contributed by atoms with van der Waals surface area (Å²) in [5.41, 5.74) is 0.0811. The SMILES string of the molecule is CCCCCCCC(=O)N(CC(F)(F)F)[C@@H]1CC(C(=O)NCCO)=C[C@H](Oc2ccccc2I)[C@H]1O. The lowest BCUT2D eigenvalue weighted by Gasteiger charge is -2.40. The van der Waals surface area contributed by atoms with Crippen LogP contribution < -0.4 is 10.1 Å². The molecule has 0 aliphatic heterocycles. The standard InChI is InChI=1S/C25H34F3IN2O5/c1-2-3-4-5-6-11-22(33)31(16-25(26,27)28)19-14-17(24(35)30-12-13-32)15-21(23(19)34)36-20-10-8-7-9-18(20)29/h7-10,15,19,21,23,32,34H,2-6,11-14,16H2,1H3,(H,30,35)/t19-,21+,23+/m1/s1. The van der Waals surface area contributed by atoms with Crippen molar-refractivity contribution in [2.75, 3.05) is 19.7 Å². The van der Waals surface area contributed by atoms with Crippen LogP contribution in [-0.4, -0.2) is 71.0 Å². The number of nitrogens with zero attached hydrogens (tertiary/aromatic N) is 1. The van der Waals surface area contributed by atoms with E-state index >= 15 is 0 Å². The molecule has 1 aromatic rings. The maximum Gasteiger partial charge on any atom is 0.406 e. The Hall–Kier alpha value is -1.86. The highest BCUT2D eigenvalue weighted by Crippen LogP contribution is 2.31. The van der Waals surface area contributed by atoms with E-state index in [-0.39, 0.29) is 31.6 Å². The fourth-order valence-corrected chi connectivity index (χ4v) is 4.59. The molecule has 0 unspecified atom stereocenters. The van der Waals surface area contributed by atoms with Crippen LogP contribution in [0.3, 0.4) is 0 Å². The molecule has 0 bridgehead atoms. The van der Waals surface area contributed by atoms with Gasteiger partial charge in [-0.25, -0.2) is 0 Å². The molecule has 0 saturated heterocycles. The molecule has 1 aliphatic carbocycles. The highest BCUT2D eigenvalue weighted by Gasteiger charge is 2.44. The number of rotatable bonds is 13. The van der Waals surface area contributed by atoms with Crippen LogP contribution in [0.15, 0.2) is 35.9 Å². The van der Waals surface area contributed by atoms with Crippen LogP contribution >= 0.6 is 22.6 Å². The van der Waals surface area contributed by atoms with Crippen LogP contribution in [0.5, 0.6) is 5.75 Å². The highest BCUT2D eigenvalue weighted by molar-refractivity contribution is 14.1. The number of carbonyl (C=O) groups excluding carboxylic acids is 2. The topological polar surface area (TPSA) is 99.1 Å². The molecule has 202 valence electrons. The Kier molecular flexibility index (Phi) is 12.5. The third-order valence-corrected chi connectivity index (χ3v) is 6.77. The van der Waals surface area contributed by atoms with Crippen LogP contribution in [0.25, 0.3) is 0 Å². The lowest BCUT2D eigenvalue weighted by atomic mass is 9.88. The highest BCUT2D eigenvalue weighted by atomic mass is 127. The summed E-state index contributed by atoms with van der Waals surface area (Å²) in [5.74, 6) is -0.937. The predicted octanol–water partition coefficient (Wildman–Crippen LogP) is 3.96. The molecule has 0 saturated carbocycles. The number of aliphatic hydroxyl groups is 2. The van der Waals surface area contributed by atoms with Crippen molar-refractivity contribution in [2.45, 2.75) is 76.3 Å². The molecular formula is C25H34F3IN2O5. The number of hydrogen-bond donors (Lipinski definition) is 3. The summed E-state index contributed by atoms with van der Waals surface area (Å²) in [5, 5.41) is 22.6. The minimum absolute atomic E-state index is 0.0472. The third kappa shape index (κ3) is 9.55. The van der Waals surface area contributed by atoms with Crippen LogP contribution in [0.1, 0.15) is 51.9 Å². The minimum Gasteiger partial charge on any atom is -0.482 e. The third-order valence-electron chi connectivity index (χ3n) is 5.88. The van der Waals surface area contributed by atoms with Gasteiger partial charge >= 0.3 is 6.18 Å². The van der Waals surface area contributed by atoms with E-state index in [1.807, 2.05) is 29.5 Å². The number of nitrogens with one attached hydrogen (secondary N) is 1. The smallest absolute Gasteiger partial charge is 0.406 e. The Labute approximate surface area is 223 Å². The number of ether oxygens (including phenoxy) is 1. The number of amides is 2. The first-order valence-corrected chi connectivity index (χ1v) is 13.2. The number of aliphatic hydroxyl groups excluding tert-OH is 2. The fraction of sp³-hybridized carbons (Fsp3) is 0.600. The summed E-state index contributed by atoms with van der Waals surface area (Å²) in [6.45, 7) is 0.138. The second-order valence-corrected chi connectivity index (χ2v) is 9.91. The van der Waals surface area contributed by atoms with Gasteiger partial charge in [-0.1, -0.05) is 44.7 Å². The fourth-order valence-electron chi connectivity index (χ4n) is 4.07. The second-order valence-electron chi connectivity index (χ2n) is 8.75. The number of carbonyl (C=O) groups is 2. The Morgan fingerprint density at radius 2 is 1.89 bits per heavy atom. The molecule has 11 heteroatoms. The molecule has 0 heterocycles. The molecule has 0 fully saturated rings. The number of hydrogen-bond acceptors (Lipinski definition) is 5. The second kappa shape index (κ2) is 14.8. The van der Waals surface area contributed by atoms with E-state index in [0.717, 1.165) is 25.7 Å². The van der Waals surface area contributed by atoms with Gasteiger partial charge in [0.05, 0.1) is 16.2 Å². The first kappa shape index (κ1) is 30.4. The van der Waals surface area contributed by atoms with Crippen molar-refractivity contribution >= 4 is 34.4 Å². The molecule has 2 amide bonds. The van der Waals surface area contributed by atoms with Crippen molar-refractivity contribution in [1.29, 1.82) is 0 Å². The normalized spacial score (nSPS) is 20.0. The molecule has 7 nitrogen and oxygen atoms in total. The zero-order chi connectivity index (χ0) is 26.7. The summed E-state index contributed by atoms with van der Waals surface area (Å²) in [6, 6.07) is 5.58. The van der Waals surface area contributed by atoms with Gasteiger partial charge in [0, 0.05) is 25.0 Å². The zero-order valence-corrected chi connectivity index (χ0v) is 22.4. The molecule has 1 aromatic carbocycles. The van der Waals surface area contributed by atoms with Crippen LogP contribution in [0.2, 0.25) is 0 Å². The van der Waals surface area contributed by atoms with E-state index in [4.69, 9.17) is 9.84 Å².